The van der Waals surface area contributed by atoms with Crippen LogP contribution < -0.4 is 0 Å². The number of carbonyl (C=O) groups is 1. The Kier molecular flexibility index (Phi) is 4.62. The minimum absolute atomic E-state index is 0.0745. The molecule has 1 saturated heterocycles. The molecule has 3 rings (SSSR count). The zero-order valence-corrected chi connectivity index (χ0v) is 15.5. The summed E-state index contributed by atoms with van der Waals surface area (Å²) in [4.78, 5) is 18.3. The molecule has 0 bridgehead atoms. The smallest absolute Gasteiger partial charge is 0.410 e. The Hall–Kier alpha value is -1.89. The van der Waals surface area contributed by atoms with Crippen LogP contribution in [0, 0.1) is 0 Å². The van der Waals surface area contributed by atoms with E-state index in [-0.39, 0.29) is 12.0 Å². The molecule has 24 heavy (non-hydrogen) atoms. The quantitative estimate of drug-likeness (QED) is 0.763. The lowest BCUT2D eigenvalue weighted by Crippen LogP contribution is -2.35. The molecule has 1 atom stereocenters. The SMILES string of the molecule is CC(C)(C)OC(=O)N1CCC(c2noc(-c3ccc(Br)cc3)n2)C1. The third kappa shape index (κ3) is 3.95. The van der Waals surface area contributed by atoms with E-state index >= 15 is 0 Å². The van der Waals surface area contributed by atoms with Gasteiger partial charge in [-0.05, 0) is 51.5 Å². The molecule has 1 aliphatic rings. The topological polar surface area (TPSA) is 68.5 Å². The molecule has 1 aromatic carbocycles. The minimum Gasteiger partial charge on any atom is -0.444 e. The van der Waals surface area contributed by atoms with Crippen molar-refractivity contribution in [3.8, 4) is 11.5 Å². The van der Waals surface area contributed by atoms with Gasteiger partial charge >= 0.3 is 6.09 Å². The van der Waals surface area contributed by atoms with Gasteiger partial charge in [-0.1, -0.05) is 21.1 Å². The molecule has 128 valence electrons. The van der Waals surface area contributed by atoms with E-state index in [1.807, 2.05) is 45.0 Å². The van der Waals surface area contributed by atoms with Crippen molar-refractivity contribution in [2.45, 2.75) is 38.7 Å². The molecule has 6 nitrogen and oxygen atoms in total. The first kappa shape index (κ1) is 17.0. The highest BCUT2D eigenvalue weighted by Crippen LogP contribution is 2.28. The molecule has 0 aliphatic carbocycles. The molecule has 0 N–H and O–H groups in total. The third-order valence-electron chi connectivity index (χ3n) is 3.74. The van der Waals surface area contributed by atoms with Gasteiger partial charge in [-0.15, -0.1) is 0 Å². The Labute approximate surface area is 149 Å². The Bertz CT molecular complexity index is 721. The maximum Gasteiger partial charge on any atom is 0.410 e. The maximum absolute atomic E-state index is 12.1. The summed E-state index contributed by atoms with van der Waals surface area (Å²) in [6, 6.07) is 7.70. The second-order valence-electron chi connectivity index (χ2n) is 6.88. The van der Waals surface area contributed by atoms with Crippen molar-refractivity contribution in [3.63, 3.8) is 0 Å². The van der Waals surface area contributed by atoms with Crippen molar-refractivity contribution in [2.75, 3.05) is 13.1 Å². The number of nitrogens with zero attached hydrogens (tertiary/aromatic N) is 3. The predicted molar refractivity (Wildman–Crippen MR) is 92.6 cm³/mol. The first-order valence-electron chi connectivity index (χ1n) is 7.89. The molecule has 7 heteroatoms. The number of halogens is 1. The van der Waals surface area contributed by atoms with Crippen LogP contribution >= 0.6 is 15.9 Å². The number of ether oxygens (including phenoxy) is 1. The average molecular weight is 394 g/mol. The molecular formula is C17H20BrN3O3. The molecule has 1 aromatic heterocycles. The monoisotopic (exact) mass is 393 g/mol. The molecule has 0 saturated carbocycles. The van der Waals surface area contributed by atoms with Gasteiger partial charge < -0.3 is 14.2 Å². The van der Waals surface area contributed by atoms with E-state index in [0.29, 0.717) is 24.8 Å². The van der Waals surface area contributed by atoms with Crippen molar-refractivity contribution < 1.29 is 14.1 Å². The highest BCUT2D eigenvalue weighted by atomic mass is 79.9. The molecule has 2 heterocycles. The summed E-state index contributed by atoms with van der Waals surface area (Å²) in [6.45, 7) is 6.78. The number of hydrogen-bond donors (Lipinski definition) is 0. The van der Waals surface area contributed by atoms with Crippen LogP contribution in [0.15, 0.2) is 33.3 Å². The molecule has 2 aromatic rings. The normalized spacial score (nSPS) is 18.0. The van der Waals surface area contributed by atoms with Gasteiger partial charge in [0.15, 0.2) is 5.82 Å². The van der Waals surface area contributed by atoms with Crippen LogP contribution in [0.25, 0.3) is 11.5 Å². The van der Waals surface area contributed by atoms with E-state index < -0.39 is 5.60 Å². The van der Waals surface area contributed by atoms with Crippen LogP contribution in [-0.4, -0.2) is 39.8 Å². The number of rotatable bonds is 2. The Morgan fingerprint density at radius 3 is 2.71 bits per heavy atom. The Morgan fingerprint density at radius 1 is 1.33 bits per heavy atom. The fourth-order valence-electron chi connectivity index (χ4n) is 2.57. The van der Waals surface area contributed by atoms with Gasteiger partial charge in [0.05, 0.1) is 0 Å². The van der Waals surface area contributed by atoms with Gasteiger partial charge in [-0.3, -0.25) is 0 Å². The van der Waals surface area contributed by atoms with E-state index in [1.54, 1.807) is 4.90 Å². The molecule has 0 radical (unpaired) electrons. The van der Waals surface area contributed by atoms with Gasteiger partial charge in [-0.25, -0.2) is 4.79 Å². The predicted octanol–water partition coefficient (Wildman–Crippen LogP) is 4.22. The summed E-state index contributed by atoms with van der Waals surface area (Å²) in [5.41, 5.74) is 0.384. The van der Waals surface area contributed by atoms with Gasteiger partial charge in [-0.2, -0.15) is 4.98 Å². The van der Waals surface area contributed by atoms with Crippen LogP contribution in [0.2, 0.25) is 0 Å². The molecule has 0 spiro atoms. The van der Waals surface area contributed by atoms with E-state index in [0.717, 1.165) is 16.5 Å². The van der Waals surface area contributed by atoms with Crippen LogP contribution in [0.3, 0.4) is 0 Å². The summed E-state index contributed by atoms with van der Waals surface area (Å²) >= 11 is 3.40. The largest absolute Gasteiger partial charge is 0.444 e. The second kappa shape index (κ2) is 6.55. The number of hydrogen-bond acceptors (Lipinski definition) is 5. The Balaban J connectivity index is 1.66. The highest BCUT2D eigenvalue weighted by molar-refractivity contribution is 9.10. The summed E-state index contributed by atoms with van der Waals surface area (Å²) in [7, 11) is 0. The van der Waals surface area contributed by atoms with Gasteiger partial charge in [0.1, 0.15) is 5.60 Å². The van der Waals surface area contributed by atoms with Crippen LogP contribution in [0.4, 0.5) is 4.79 Å². The summed E-state index contributed by atoms with van der Waals surface area (Å²) in [6.07, 6.45) is 0.514. The molecular weight excluding hydrogens is 374 g/mol. The lowest BCUT2D eigenvalue weighted by atomic mass is 10.1. The number of likely N-dealkylation sites (tertiary alicyclic amines) is 1. The number of amides is 1. The summed E-state index contributed by atoms with van der Waals surface area (Å²) < 4.78 is 11.8. The van der Waals surface area contributed by atoms with Gasteiger partial charge in [0, 0.05) is 29.0 Å². The fraction of sp³-hybridized carbons (Fsp3) is 0.471. The van der Waals surface area contributed by atoms with Crippen LogP contribution in [-0.2, 0) is 4.74 Å². The first-order chi connectivity index (χ1) is 11.3. The van der Waals surface area contributed by atoms with Crippen molar-refractivity contribution in [1.29, 1.82) is 0 Å². The Morgan fingerprint density at radius 2 is 2.04 bits per heavy atom. The van der Waals surface area contributed by atoms with Crippen LogP contribution in [0.1, 0.15) is 38.9 Å². The van der Waals surface area contributed by atoms with E-state index in [2.05, 4.69) is 26.1 Å². The number of benzene rings is 1. The first-order valence-corrected chi connectivity index (χ1v) is 8.68. The minimum atomic E-state index is -0.490. The second-order valence-corrected chi connectivity index (χ2v) is 7.79. The zero-order chi connectivity index (χ0) is 17.3. The summed E-state index contributed by atoms with van der Waals surface area (Å²) in [5, 5.41) is 4.09. The molecule has 1 unspecified atom stereocenters. The van der Waals surface area contributed by atoms with E-state index in [1.165, 1.54) is 0 Å². The fourth-order valence-corrected chi connectivity index (χ4v) is 2.84. The lowest BCUT2D eigenvalue weighted by Gasteiger charge is -2.24. The summed E-state index contributed by atoms with van der Waals surface area (Å²) in [5.74, 6) is 1.21. The highest BCUT2D eigenvalue weighted by Gasteiger charge is 2.33. The van der Waals surface area contributed by atoms with Crippen molar-refractivity contribution >= 4 is 22.0 Å². The molecule has 1 fully saturated rings. The lowest BCUT2D eigenvalue weighted by molar-refractivity contribution is 0.0292. The zero-order valence-electron chi connectivity index (χ0n) is 14.0. The maximum atomic E-state index is 12.1. The van der Waals surface area contributed by atoms with E-state index in [9.17, 15) is 4.79 Å². The van der Waals surface area contributed by atoms with Crippen molar-refractivity contribution in [3.05, 3.63) is 34.6 Å². The standard InChI is InChI=1S/C17H20BrN3O3/c1-17(2,3)23-16(22)21-9-8-12(10-21)14-19-15(24-20-14)11-4-6-13(18)7-5-11/h4-7,12H,8-10H2,1-3H3. The van der Waals surface area contributed by atoms with Crippen molar-refractivity contribution in [2.24, 2.45) is 0 Å². The average Bonchev–Trinajstić information content (AvgIpc) is 3.15. The van der Waals surface area contributed by atoms with Gasteiger partial charge in [0.25, 0.3) is 5.89 Å². The molecule has 1 aliphatic heterocycles. The molecule has 1 amide bonds. The van der Waals surface area contributed by atoms with Crippen LogP contribution in [0.5, 0.6) is 0 Å². The number of carbonyl (C=O) groups excluding carboxylic acids is 1. The van der Waals surface area contributed by atoms with Crippen molar-refractivity contribution in [1.82, 2.24) is 15.0 Å². The third-order valence-corrected chi connectivity index (χ3v) is 4.27. The van der Waals surface area contributed by atoms with E-state index in [4.69, 9.17) is 9.26 Å². The van der Waals surface area contributed by atoms with Gasteiger partial charge in [0.2, 0.25) is 0 Å². The number of aromatic nitrogens is 2.